The Kier molecular flexibility index (Phi) is 5.17. The Hall–Kier alpha value is -0.850. The van der Waals surface area contributed by atoms with E-state index in [1.54, 1.807) is 6.07 Å². The van der Waals surface area contributed by atoms with Gasteiger partial charge in [0.1, 0.15) is 5.69 Å². The van der Waals surface area contributed by atoms with Crippen molar-refractivity contribution >= 4 is 21.8 Å². The van der Waals surface area contributed by atoms with Gasteiger partial charge in [-0.15, -0.1) is 0 Å². The van der Waals surface area contributed by atoms with Gasteiger partial charge in [-0.2, -0.15) is 0 Å². The van der Waals surface area contributed by atoms with Gasteiger partial charge in [0, 0.05) is 23.3 Å². The lowest BCUT2D eigenvalue weighted by Crippen LogP contribution is -2.35. The van der Waals surface area contributed by atoms with Crippen LogP contribution in [0.1, 0.15) is 30.4 Å². The Morgan fingerprint density at radius 1 is 1.59 bits per heavy atom. The molecule has 0 aliphatic heterocycles. The minimum Gasteiger partial charge on any atom is -0.394 e. The highest BCUT2D eigenvalue weighted by atomic mass is 79.9. The van der Waals surface area contributed by atoms with Crippen LogP contribution in [0.2, 0.25) is 0 Å². The molecule has 1 aromatic rings. The zero-order valence-electron chi connectivity index (χ0n) is 9.85. The zero-order valence-corrected chi connectivity index (χ0v) is 11.4. The average Bonchev–Trinajstić information content (AvgIpc) is 2.67. The smallest absolute Gasteiger partial charge is 0.268 e. The summed E-state index contributed by atoms with van der Waals surface area (Å²) in [5.74, 6) is -0.267. The van der Waals surface area contributed by atoms with Gasteiger partial charge in [0.05, 0.1) is 12.7 Å². The van der Waals surface area contributed by atoms with E-state index < -0.39 is 6.10 Å². The Bertz CT molecular complexity index is 390. The number of aliphatic hydroxyl groups excluding tert-OH is 2. The Morgan fingerprint density at radius 2 is 2.24 bits per heavy atom. The SMILES string of the molecule is CC(C)n1cc(Br)cc1C(=O)NCC(O)CO. The van der Waals surface area contributed by atoms with Crippen LogP contribution in [-0.4, -0.2) is 39.9 Å². The van der Waals surface area contributed by atoms with Crippen molar-refractivity contribution in [3.8, 4) is 0 Å². The van der Waals surface area contributed by atoms with E-state index in [-0.39, 0.29) is 25.1 Å². The molecule has 3 N–H and O–H groups in total. The van der Waals surface area contributed by atoms with Gasteiger partial charge in [-0.05, 0) is 35.8 Å². The van der Waals surface area contributed by atoms with E-state index >= 15 is 0 Å². The maximum Gasteiger partial charge on any atom is 0.268 e. The molecule has 0 saturated carbocycles. The van der Waals surface area contributed by atoms with E-state index in [1.807, 2.05) is 24.6 Å². The van der Waals surface area contributed by atoms with Crippen LogP contribution in [0, 0.1) is 0 Å². The molecule has 17 heavy (non-hydrogen) atoms. The lowest BCUT2D eigenvalue weighted by atomic mass is 10.3. The van der Waals surface area contributed by atoms with Crippen LogP contribution >= 0.6 is 15.9 Å². The molecule has 0 spiro atoms. The average molecular weight is 305 g/mol. The summed E-state index contributed by atoms with van der Waals surface area (Å²) in [5.41, 5.74) is 0.525. The van der Waals surface area contributed by atoms with Crippen LogP contribution in [0.25, 0.3) is 0 Å². The summed E-state index contributed by atoms with van der Waals surface area (Å²) in [4.78, 5) is 11.9. The second-order valence-corrected chi connectivity index (χ2v) is 5.01. The molecule has 0 aliphatic rings. The van der Waals surface area contributed by atoms with Gasteiger partial charge in [0.15, 0.2) is 0 Å². The molecule has 1 amide bonds. The number of nitrogens with one attached hydrogen (secondary N) is 1. The summed E-state index contributed by atoms with van der Waals surface area (Å²) in [6.45, 7) is 3.63. The van der Waals surface area contributed by atoms with Crippen molar-refractivity contribution in [1.82, 2.24) is 9.88 Å². The number of hydrogen-bond acceptors (Lipinski definition) is 3. The maximum absolute atomic E-state index is 11.9. The largest absolute Gasteiger partial charge is 0.394 e. The topological polar surface area (TPSA) is 74.5 Å². The molecule has 0 bridgehead atoms. The number of nitrogens with zero attached hydrogens (tertiary/aromatic N) is 1. The molecule has 96 valence electrons. The Balaban J connectivity index is 2.74. The normalized spacial score (nSPS) is 12.8. The molecule has 1 rings (SSSR count). The minimum absolute atomic E-state index is 0.0379. The Morgan fingerprint density at radius 3 is 2.76 bits per heavy atom. The molecule has 1 heterocycles. The molecule has 0 aromatic carbocycles. The first kappa shape index (κ1) is 14.2. The molecule has 0 fully saturated rings. The summed E-state index contributed by atoms with van der Waals surface area (Å²) in [5, 5.41) is 20.4. The predicted molar refractivity (Wildman–Crippen MR) is 67.9 cm³/mol. The third-order valence-corrected chi connectivity index (χ3v) is 2.75. The number of carbonyl (C=O) groups excluding carboxylic acids is 1. The van der Waals surface area contributed by atoms with Crippen molar-refractivity contribution in [1.29, 1.82) is 0 Å². The van der Waals surface area contributed by atoms with Gasteiger partial charge in [-0.3, -0.25) is 4.79 Å². The number of aromatic nitrogens is 1. The number of amides is 1. The highest BCUT2D eigenvalue weighted by Crippen LogP contribution is 2.19. The second kappa shape index (κ2) is 6.18. The third-order valence-electron chi connectivity index (χ3n) is 2.31. The van der Waals surface area contributed by atoms with Gasteiger partial charge in [-0.1, -0.05) is 0 Å². The van der Waals surface area contributed by atoms with E-state index in [9.17, 15) is 4.79 Å². The first-order chi connectivity index (χ1) is 7.95. The fourth-order valence-electron chi connectivity index (χ4n) is 1.42. The summed E-state index contributed by atoms with van der Waals surface area (Å²) < 4.78 is 2.67. The summed E-state index contributed by atoms with van der Waals surface area (Å²) in [7, 11) is 0. The van der Waals surface area contributed by atoms with Crippen LogP contribution in [-0.2, 0) is 0 Å². The van der Waals surface area contributed by atoms with Gasteiger partial charge in [-0.25, -0.2) is 0 Å². The molecule has 0 aliphatic carbocycles. The van der Waals surface area contributed by atoms with Crippen molar-refractivity contribution in [3.63, 3.8) is 0 Å². The molecule has 0 saturated heterocycles. The van der Waals surface area contributed by atoms with E-state index in [4.69, 9.17) is 10.2 Å². The van der Waals surface area contributed by atoms with Gasteiger partial charge >= 0.3 is 0 Å². The second-order valence-electron chi connectivity index (χ2n) is 4.09. The van der Waals surface area contributed by atoms with E-state index in [1.165, 1.54) is 0 Å². The molecule has 1 atom stereocenters. The molecular weight excluding hydrogens is 288 g/mol. The van der Waals surface area contributed by atoms with Crippen molar-refractivity contribution in [3.05, 3.63) is 22.4 Å². The van der Waals surface area contributed by atoms with Gasteiger partial charge in [0.2, 0.25) is 0 Å². The van der Waals surface area contributed by atoms with Crippen molar-refractivity contribution in [2.45, 2.75) is 26.0 Å². The molecule has 0 radical (unpaired) electrons. The number of aliphatic hydroxyl groups is 2. The number of carbonyl (C=O) groups is 1. The van der Waals surface area contributed by atoms with Crippen LogP contribution in [0.3, 0.4) is 0 Å². The fraction of sp³-hybridized carbons (Fsp3) is 0.545. The van der Waals surface area contributed by atoms with Gasteiger partial charge in [0.25, 0.3) is 5.91 Å². The summed E-state index contributed by atoms with van der Waals surface area (Å²) >= 11 is 3.32. The molecular formula is C11H17BrN2O3. The van der Waals surface area contributed by atoms with E-state index in [0.717, 1.165) is 4.47 Å². The first-order valence-corrected chi connectivity index (χ1v) is 6.19. The van der Waals surface area contributed by atoms with Gasteiger partial charge < -0.3 is 20.1 Å². The standard InChI is InChI=1S/C11H17BrN2O3/c1-7(2)14-5-8(12)3-10(14)11(17)13-4-9(16)6-15/h3,5,7,9,15-16H,4,6H2,1-2H3,(H,13,17). The molecule has 1 aromatic heterocycles. The number of rotatable bonds is 5. The quantitative estimate of drug-likeness (QED) is 0.757. The van der Waals surface area contributed by atoms with E-state index in [2.05, 4.69) is 21.2 Å². The maximum atomic E-state index is 11.9. The van der Waals surface area contributed by atoms with Crippen LogP contribution in [0.4, 0.5) is 0 Å². The molecule has 1 unspecified atom stereocenters. The van der Waals surface area contributed by atoms with Crippen molar-refractivity contribution < 1.29 is 15.0 Å². The number of halogens is 1. The first-order valence-electron chi connectivity index (χ1n) is 5.40. The van der Waals surface area contributed by atoms with Crippen LogP contribution in [0.5, 0.6) is 0 Å². The fourth-order valence-corrected chi connectivity index (χ4v) is 1.86. The van der Waals surface area contributed by atoms with Crippen molar-refractivity contribution in [2.75, 3.05) is 13.2 Å². The molecule has 5 nitrogen and oxygen atoms in total. The zero-order chi connectivity index (χ0) is 13.0. The molecule has 6 heteroatoms. The minimum atomic E-state index is -0.926. The predicted octanol–water partition coefficient (Wildman–Crippen LogP) is 0.914. The van der Waals surface area contributed by atoms with Crippen LogP contribution < -0.4 is 5.32 Å². The highest BCUT2D eigenvalue weighted by molar-refractivity contribution is 9.10. The van der Waals surface area contributed by atoms with Crippen molar-refractivity contribution in [2.24, 2.45) is 0 Å². The number of hydrogen-bond donors (Lipinski definition) is 3. The third kappa shape index (κ3) is 3.83. The summed E-state index contributed by atoms with van der Waals surface area (Å²) in [6, 6.07) is 1.89. The van der Waals surface area contributed by atoms with Crippen LogP contribution in [0.15, 0.2) is 16.7 Å². The van der Waals surface area contributed by atoms with E-state index in [0.29, 0.717) is 5.69 Å². The lowest BCUT2D eigenvalue weighted by Gasteiger charge is -2.13. The monoisotopic (exact) mass is 304 g/mol. The highest BCUT2D eigenvalue weighted by Gasteiger charge is 2.15. The summed E-state index contributed by atoms with van der Waals surface area (Å²) in [6.07, 6.45) is 0.909. The lowest BCUT2D eigenvalue weighted by molar-refractivity contribution is 0.0795. The Labute approximate surface area is 109 Å².